The maximum absolute atomic E-state index is 15.0. The van der Waals surface area contributed by atoms with Crippen molar-refractivity contribution >= 4 is 50.5 Å². The smallest absolute Gasteiger partial charge is 0.176 e. The number of rotatable bonds is 5. The number of aromatic nitrogens is 2. The predicted molar refractivity (Wildman–Crippen MR) is 134 cm³/mol. The molecular weight excluding hydrogens is 451 g/mol. The van der Waals surface area contributed by atoms with Crippen molar-refractivity contribution in [2.24, 2.45) is 0 Å². The molecule has 0 saturated carbocycles. The average molecular weight is 473 g/mol. The number of Topliss-reactive ketones (excluding diaryl/α,β-unsaturated/α-hetero) is 2. The van der Waals surface area contributed by atoms with Gasteiger partial charge in [-0.05, 0) is 36.2 Å². The second-order valence-electron chi connectivity index (χ2n) is 8.45. The van der Waals surface area contributed by atoms with Crippen molar-refractivity contribution in [2.45, 2.75) is 33.2 Å². The molecule has 4 aromatic rings. The summed E-state index contributed by atoms with van der Waals surface area (Å²) in [5.41, 5.74) is 3.93. The molecule has 2 aromatic carbocycles. The van der Waals surface area contributed by atoms with E-state index in [9.17, 15) is 14.0 Å². The maximum atomic E-state index is 15.0. The van der Waals surface area contributed by atoms with Crippen LogP contribution in [0.1, 0.15) is 47.4 Å². The molecule has 1 aliphatic carbocycles. The molecule has 0 spiro atoms. The zero-order chi connectivity index (χ0) is 24.0. The van der Waals surface area contributed by atoms with Crippen molar-refractivity contribution in [1.29, 1.82) is 0 Å². The van der Waals surface area contributed by atoms with Crippen molar-refractivity contribution in [1.82, 2.24) is 9.55 Å². The molecule has 170 valence electrons. The Bertz CT molecular complexity index is 1560. The van der Waals surface area contributed by atoms with Crippen molar-refractivity contribution in [3.8, 4) is 0 Å². The van der Waals surface area contributed by atoms with Crippen molar-refractivity contribution in [3.63, 3.8) is 0 Å². The molecule has 0 fully saturated rings. The van der Waals surface area contributed by atoms with Gasteiger partial charge in [-0.1, -0.05) is 55.0 Å². The average Bonchev–Trinajstić information content (AvgIpc) is 3.12. The lowest BCUT2D eigenvalue weighted by Gasteiger charge is -2.13. The summed E-state index contributed by atoms with van der Waals surface area (Å²) in [5.74, 6) is -0.628. The van der Waals surface area contributed by atoms with Crippen molar-refractivity contribution < 1.29 is 14.0 Å². The number of nitrogens with zero attached hydrogens (tertiary/aromatic N) is 2. The summed E-state index contributed by atoms with van der Waals surface area (Å²) < 4.78 is 16.7. The number of aryl methyl sites for hydroxylation is 1. The Hall–Kier alpha value is -3.57. The standard InChI is InChI=1S/C28H22ClFN2O2/c1-3-17-13-21-24(14-22(17)30)32(15-19-12-18-8-4-6-10-23(18)31-28(19)29)27(16(2)33)26(21)20-9-5-7-11-25(20)34/h4-10,12-14H,3,11,15H2,1-2H3. The van der Waals surface area contributed by atoms with Crippen molar-refractivity contribution in [2.75, 3.05) is 0 Å². The fourth-order valence-corrected chi connectivity index (χ4v) is 4.88. The highest BCUT2D eigenvalue weighted by atomic mass is 35.5. The summed E-state index contributed by atoms with van der Waals surface area (Å²) in [7, 11) is 0. The van der Waals surface area contributed by atoms with E-state index in [0.717, 1.165) is 10.9 Å². The van der Waals surface area contributed by atoms with Crippen LogP contribution in [-0.2, 0) is 17.8 Å². The largest absolute Gasteiger partial charge is 0.333 e. The molecule has 1 aliphatic rings. The van der Waals surface area contributed by atoms with E-state index in [0.29, 0.717) is 50.4 Å². The second-order valence-corrected chi connectivity index (χ2v) is 8.81. The Balaban J connectivity index is 1.82. The minimum atomic E-state index is -0.345. The molecule has 0 radical (unpaired) electrons. The van der Waals surface area contributed by atoms with Gasteiger partial charge in [-0.3, -0.25) is 9.59 Å². The van der Waals surface area contributed by atoms with Gasteiger partial charge < -0.3 is 4.57 Å². The molecule has 0 saturated heterocycles. The highest BCUT2D eigenvalue weighted by molar-refractivity contribution is 6.30. The first-order chi connectivity index (χ1) is 16.4. The first kappa shape index (κ1) is 22.2. The van der Waals surface area contributed by atoms with Gasteiger partial charge in [0, 0.05) is 40.8 Å². The lowest BCUT2D eigenvalue weighted by atomic mass is 9.92. The van der Waals surface area contributed by atoms with Crippen molar-refractivity contribution in [3.05, 3.63) is 94.0 Å². The van der Waals surface area contributed by atoms with Crippen LogP contribution >= 0.6 is 11.6 Å². The number of para-hydroxylation sites is 1. The number of fused-ring (bicyclic) bond motifs is 2. The molecule has 2 aromatic heterocycles. The van der Waals surface area contributed by atoms with Gasteiger partial charge in [0.25, 0.3) is 0 Å². The second kappa shape index (κ2) is 8.65. The molecule has 6 heteroatoms. The third kappa shape index (κ3) is 3.66. The van der Waals surface area contributed by atoms with Gasteiger partial charge in [0.05, 0.1) is 23.3 Å². The molecule has 4 nitrogen and oxygen atoms in total. The Morgan fingerprint density at radius 2 is 1.97 bits per heavy atom. The zero-order valence-electron chi connectivity index (χ0n) is 18.9. The van der Waals surface area contributed by atoms with E-state index in [2.05, 4.69) is 4.98 Å². The first-order valence-electron chi connectivity index (χ1n) is 11.2. The Labute approximate surface area is 201 Å². The number of hydrogen-bond donors (Lipinski definition) is 0. The molecule has 0 unspecified atom stereocenters. The quantitative estimate of drug-likeness (QED) is 0.239. The summed E-state index contributed by atoms with van der Waals surface area (Å²) in [5, 5.41) is 1.92. The Kier molecular flexibility index (Phi) is 5.66. The number of hydrogen-bond acceptors (Lipinski definition) is 3. The van der Waals surface area contributed by atoms with E-state index in [1.165, 1.54) is 13.0 Å². The SMILES string of the molecule is CCc1cc2c(C3=CC=CCC3=O)c(C(C)=O)n(Cc3cc4ccccc4nc3Cl)c2cc1F. The number of benzene rings is 2. The molecule has 0 aliphatic heterocycles. The van der Waals surface area contributed by atoms with Crippen LogP contribution in [-0.4, -0.2) is 21.1 Å². The number of ketones is 2. The third-order valence-corrected chi connectivity index (χ3v) is 6.62. The summed E-state index contributed by atoms with van der Waals surface area (Å²) in [4.78, 5) is 30.4. The summed E-state index contributed by atoms with van der Waals surface area (Å²) in [6.07, 6.45) is 6.10. The summed E-state index contributed by atoms with van der Waals surface area (Å²) in [6.45, 7) is 3.56. The molecule has 2 heterocycles. The predicted octanol–water partition coefficient (Wildman–Crippen LogP) is 6.71. The van der Waals surface area contributed by atoms with Gasteiger partial charge >= 0.3 is 0 Å². The Morgan fingerprint density at radius 1 is 1.18 bits per heavy atom. The van der Waals surface area contributed by atoms with Crippen LogP contribution in [0.2, 0.25) is 5.15 Å². The summed E-state index contributed by atoms with van der Waals surface area (Å²) in [6, 6.07) is 12.8. The number of allylic oxidation sites excluding steroid dienone is 4. The zero-order valence-corrected chi connectivity index (χ0v) is 19.6. The van der Waals surface area contributed by atoms with Crippen LogP contribution in [0.3, 0.4) is 0 Å². The van der Waals surface area contributed by atoms with Gasteiger partial charge in [-0.2, -0.15) is 0 Å². The van der Waals surface area contributed by atoms with E-state index in [1.54, 1.807) is 22.8 Å². The molecule has 0 atom stereocenters. The highest BCUT2D eigenvalue weighted by Gasteiger charge is 2.28. The van der Waals surface area contributed by atoms with Crippen LogP contribution in [0.25, 0.3) is 27.4 Å². The van der Waals surface area contributed by atoms with E-state index < -0.39 is 0 Å². The van der Waals surface area contributed by atoms with Gasteiger partial charge in [-0.15, -0.1) is 0 Å². The van der Waals surface area contributed by atoms with Crippen LogP contribution in [0.4, 0.5) is 4.39 Å². The fourth-order valence-electron chi connectivity index (χ4n) is 4.67. The molecule has 0 bridgehead atoms. The van der Waals surface area contributed by atoms with Gasteiger partial charge in [0.15, 0.2) is 11.6 Å². The Morgan fingerprint density at radius 3 is 2.71 bits per heavy atom. The van der Waals surface area contributed by atoms with E-state index >= 15 is 0 Å². The lowest BCUT2D eigenvalue weighted by molar-refractivity contribution is -0.113. The first-order valence-corrected chi connectivity index (χ1v) is 11.6. The maximum Gasteiger partial charge on any atom is 0.176 e. The van der Waals surface area contributed by atoms with E-state index in [-0.39, 0.29) is 30.3 Å². The number of carbonyl (C=O) groups is 2. The van der Waals surface area contributed by atoms with Gasteiger partial charge in [0.1, 0.15) is 11.0 Å². The topological polar surface area (TPSA) is 52.0 Å². The highest BCUT2D eigenvalue weighted by Crippen LogP contribution is 2.37. The van der Waals surface area contributed by atoms with Crippen LogP contribution in [0, 0.1) is 5.82 Å². The number of carbonyl (C=O) groups excluding carboxylic acids is 2. The molecular formula is C28H22ClFN2O2. The number of pyridine rings is 1. The molecule has 34 heavy (non-hydrogen) atoms. The normalized spacial score (nSPS) is 13.6. The fraction of sp³-hybridized carbons (Fsp3) is 0.179. The number of halogens is 2. The monoisotopic (exact) mass is 472 g/mol. The molecule has 0 amide bonds. The van der Waals surface area contributed by atoms with Crippen LogP contribution in [0.5, 0.6) is 0 Å². The molecule has 0 N–H and O–H groups in total. The van der Waals surface area contributed by atoms with Crippen LogP contribution < -0.4 is 0 Å². The minimum Gasteiger partial charge on any atom is -0.333 e. The van der Waals surface area contributed by atoms with E-state index in [1.807, 2.05) is 43.3 Å². The summed E-state index contributed by atoms with van der Waals surface area (Å²) >= 11 is 6.54. The third-order valence-electron chi connectivity index (χ3n) is 6.30. The van der Waals surface area contributed by atoms with Crippen LogP contribution in [0.15, 0.2) is 60.7 Å². The lowest BCUT2D eigenvalue weighted by Crippen LogP contribution is -2.12. The van der Waals surface area contributed by atoms with Gasteiger partial charge in [-0.25, -0.2) is 9.37 Å². The molecule has 5 rings (SSSR count). The minimum absolute atomic E-state index is 0.0724. The van der Waals surface area contributed by atoms with Gasteiger partial charge in [0.2, 0.25) is 0 Å². The van der Waals surface area contributed by atoms with E-state index in [4.69, 9.17) is 11.6 Å².